The summed E-state index contributed by atoms with van der Waals surface area (Å²) in [4.78, 5) is 0. The Balaban J connectivity index is 2.44. The fourth-order valence-electron chi connectivity index (χ4n) is 2.16. The first kappa shape index (κ1) is 10.0. The van der Waals surface area contributed by atoms with Crippen LogP contribution >= 0.6 is 11.6 Å². The van der Waals surface area contributed by atoms with Crippen molar-refractivity contribution in [3.63, 3.8) is 0 Å². The Bertz CT molecular complexity index is 340. The van der Waals surface area contributed by atoms with Crippen molar-refractivity contribution in [3.05, 3.63) is 33.8 Å². The van der Waals surface area contributed by atoms with Gasteiger partial charge in [-0.1, -0.05) is 17.7 Å². The number of halogens is 1. The van der Waals surface area contributed by atoms with Gasteiger partial charge in [0, 0.05) is 11.1 Å². The van der Waals surface area contributed by atoms with E-state index in [2.05, 4.69) is 25.2 Å². The summed E-state index contributed by atoms with van der Waals surface area (Å²) in [5.41, 5.74) is 3.99. The first-order valence-corrected chi connectivity index (χ1v) is 5.57. The zero-order valence-corrected chi connectivity index (χ0v) is 9.49. The summed E-state index contributed by atoms with van der Waals surface area (Å²) in [6.45, 7) is 5.43. The zero-order chi connectivity index (χ0) is 10.1. The molecule has 1 heterocycles. The second kappa shape index (κ2) is 3.92. The van der Waals surface area contributed by atoms with Crippen molar-refractivity contribution < 1.29 is 0 Å². The van der Waals surface area contributed by atoms with Crippen LogP contribution in [0.2, 0.25) is 5.02 Å². The van der Waals surface area contributed by atoms with Gasteiger partial charge in [-0.15, -0.1) is 0 Å². The minimum Gasteiger partial charge on any atom is -0.310 e. The molecule has 0 aromatic heterocycles. The predicted molar refractivity (Wildman–Crippen MR) is 60.9 cm³/mol. The largest absolute Gasteiger partial charge is 0.310 e. The second-order valence-electron chi connectivity index (χ2n) is 4.05. The summed E-state index contributed by atoms with van der Waals surface area (Å²) >= 11 is 6.24. The van der Waals surface area contributed by atoms with E-state index in [1.54, 1.807) is 0 Å². The lowest BCUT2D eigenvalue weighted by Gasteiger charge is -2.17. The Morgan fingerprint density at radius 1 is 1.36 bits per heavy atom. The first-order chi connectivity index (χ1) is 6.70. The zero-order valence-electron chi connectivity index (χ0n) is 8.73. The fourth-order valence-corrected chi connectivity index (χ4v) is 2.50. The molecule has 1 aliphatic heterocycles. The summed E-state index contributed by atoms with van der Waals surface area (Å²) < 4.78 is 0. The molecule has 1 nitrogen and oxygen atoms in total. The normalized spacial score (nSPS) is 21.5. The van der Waals surface area contributed by atoms with Gasteiger partial charge in [0.15, 0.2) is 0 Å². The van der Waals surface area contributed by atoms with E-state index in [9.17, 15) is 0 Å². The van der Waals surface area contributed by atoms with Gasteiger partial charge in [-0.25, -0.2) is 0 Å². The third-order valence-electron chi connectivity index (χ3n) is 3.14. The maximum absolute atomic E-state index is 6.24. The van der Waals surface area contributed by atoms with Crippen LogP contribution in [0, 0.1) is 13.8 Å². The van der Waals surface area contributed by atoms with Gasteiger partial charge in [0.1, 0.15) is 0 Å². The molecule has 1 aromatic carbocycles. The van der Waals surface area contributed by atoms with Crippen LogP contribution < -0.4 is 5.32 Å². The van der Waals surface area contributed by atoms with E-state index in [-0.39, 0.29) is 0 Å². The van der Waals surface area contributed by atoms with Crippen molar-refractivity contribution >= 4 is 11.6 Å². The molecule has 0 radical (unpaired) electrons. The lowest BCUT2D eigenvalue weighted by Crippen LogP contribution is -2.14. The molecule has 1 N–H and O–H groups in total. The molecule has 1 atom stereocenters. The third-order valence-corrected chi connectivity index (χ3v) is 3.47. The highest BCUT2D eigenvalue weighted by atomic mass is 35.5. The Labute approximate surface area is 90.5 Å². The van der Waals surface area contributed by atoms with Gasteiger partial charge in [-0.05, 0) is 56.0 Å². The second-order valence-corrected chi connectivity index (χ2v) is 4.46. The van der Waals surface area contributed by atoms with Crippen LogP contribution in [0.3, 0.4) is 0 Å². The van der Waals surface area contributed by atoms with Gasteiger partial charge < -0.3 is 5.32 Å². The molecule has 14 heavy (non-hydrogen) atoms. The highest BCUT2D eigenvalue weighted by Crippen LogP contribution is 2.33. The van der Waals surface area contributed by atoms with Crippen LogP contribution in [-0.2, 0) is 0 Å². The molecule has 2 rings (SSSR count). The molecular formula is C12H16ClN. The molecule has 0 spiro atoms. The van der Waals surface area contributed by atoms with Crippen LogP contribution in [0.1, 0.15) is 35.6 Å². The number of rotatable bonds is 1. The maximum atomic E-state index is 6.24. The molecule has 1 fully saturated rings. The number of benzene rings is 1. The van der Waals surface area contributed by atoms with E-state index in [0.29, 0.717) is 6.04 Å². The van der Waals surface area contributed by atoms with E-state index in [4.69, 9.17) is 11.6 Å². The molecule has 0 aliphatic carbocycles. The SMILES string of the molecule is Cc1ccc(Cl)c(C2CCCN2)c1C. The van der Waals surface area contributed by atoms with Crippen LogP contribution in [0.4, 0.5) is 0 Å². The van der Waals surface area contributed by atoms with Gasteiger partial charge in [0.2, 0.25) is 0 Å². The summed E-state index contributed by atoms with van der Waals surface area (Å²) in [6, 6.07) is 4.58. The van der Waals surface area contributed by atoms with Crippen LogP contribution in [0.5, 0.6) is 0 Å². The third kappa shape index (κ3) is 1.67. The molecule has 1 aliphatic rings. The molecule has 0 amide bonds. The molecule has 0 saturated carbocycles. The summed E-state index contributed by atoms with van der Waals surface area (Å²) in [5, 5.41) is 4.41. The van der Waals surface area contributed by atoms with Crippen LogP contribution in [0.15, 0.2) is 12.1 Å². The van der Waals surface area contributed by atoms with Crippen molar-refractivity contribution in [2.45, 2.75) is 32.7 Å². The topological polar surface area (TPSA) is 12.0 Å². The minimum atomic E-state index is 0.474. The fraction of sp³-hybridized carbons (Fsp3) is 0.500. The summed E-state index contributed by atoms with van der Waals surface area (Å²) in [6.07, 6.45) is 2.47. The van der Waals surface area contributed by atoms with Gasteiger partial charge in [-0.3, -0.25) is 0 Å². The van der Waals surface area contributed by atoms with E-state index < -0.39 is 0 Å². The number of hydrogen-bond donors (Lipinski definition) is 1. The molecular weight excluding hydrogens is 194 g/mol. The quantitative estimate of drug-likeness (QED) is 0.748. The minimum absolute atomic E-state index is 0.474. The number of nitrogens with one attached hydrogen (secondary N) is 1. The average molecular weight is 210 g/mol. The summed E-state index contributed by atoms with van der Waals surface area (Å²) in [7, 11) is 0. The first-order valence-electron chi connectivity index (χ1n) is 5.19. The number of aryl methyl sites for hydroxylation is 1. The van der Waals surface area contributed by atoms with Crippen LogP contribution in [-0.4, -0.2) is 6.54 Å². The van der Waals surface area contributed by atoms with E-state index in [0.717, 1.165) is 11.6 Å². The summed E-state index contributed by atoms with van der Waals surface area (Å²) in [5.74, 6) is 0. The molecule has 1 unspecified atom stereocenters. The smallest absolute Gasteiger partial charge is 0.0456 e. The number of hydrogen-bond acceptors (Lipinski definition) is 1. The monoisotopic (exact) mass is 209 g/mol. The lowest BCUT2D eigenvalue weighted by molar-refractivity contribution is 0.643. The molecule has 2 heteroatoms. The van der Waals surface area contributed by atoms with E-state index in [1.807, 2.05) is 6.07 Å². The van der Waals surface area contributed by atoms with Crippen molar-refractivity contribution in [1.29, 1.82) is 0 Å². The van der Waals surface area contributed by atoms with Gasteiger partial charge in [-0.2, -0.15) is 0 Å². The molecule has 0 bridgehead atoms. The van der Waals surface area contributed by atoms with Crippen molar-refractivity contribution in [3.8, 4) is 0 Å². The van der Waals surface area contributed by atoms with E-state index >= 15 is 0 Å². The highest BCUT2D eigenvalue weighted by Gasteiger charge is 2.20. The maximum Gasteiger partial charge on any atom is 0.0456 e. The Kier molecular flexibility index (Phi) is 2.80. The van der Waals surface area contributed by atoms with Gasteiger partial charge in [0.05, 0.1) is 0 Å². The van der Waals surface area contributed by atoms with Gasteiger partial charge in [0.25, 0.3) is 0 Å². The highest BCUT2D eigenvalue weighted by molar-refractivity contribution is 6.31. The average Bonchev–Trinajstić information content (AvgIpc) is 2.65. The molecule has 1 saturated heterocycles. The van der Waals surface area contributed by atoms with Crippen LogP contribution in [0.25, 0.3) is 0 Å². The Hall–Kier alpha value is -0.530. The van der Waals surface area contributed by atoms with Gasteiger partial charge >= 0.3 is 0 Å². The Morgan fingerprint density at radius 3 is 2.79 bits per heavy atom. The van der Waals surface area contributed by atoms with Crippen molar-refractivity contribution in [1.82, 2.24) is 5.32 Å². The van der Waals surface area contributed by atoms with Crippen molar-refractivity contribution in [2.24, 2.45) is 0 Å². The lowest BCUT2D eigenvalue weighted by atomic mass is 9.96. The molecule has 76 valence electrons. The Morgan fingerprint density at radius 2 is 2.14 bits per heavy atom. The van der Waals surface area contributed by atoms with E-state index in [1.165, 1.54) is 29.5 Å². The molecule has 1 aromatic rings. The standard InChI is InChI=1S/C12H16ClN/c1-8-5-6-10(13)12(9(8)2)11-4-3-7-14-11/h5-6,11,14H,3-4,7H2,1-2H3. The predicted octanol–water partition coefficient (Wildman–Crippen LogP) is 3.38. The van der Waals surface area contributed by atoms with Crippen molar-refractivity contribution in [2.75, 3.05) is 6.54 Å².